The SMILES string of the molecule is COc1ccc2c(c1)OC(C)(C)CN(C(=O)Nc1cnn(CC(C)C)c1)C2. The van der Waals surface area contributed by atoms with E-state index in [4.69, 9.17) is 9.47 Å². The zero-order valence-electron chi connectivity index (χ0n) is 16.7. The number of fused-ring (bicyclic) bond motifs is 1. The molecule has 3 rings (SSSR count). The topological polar surface area (TPSA) is 68.6 Å². The Morgan fingerprint density at radius 3 is 2.89 bits per heavy atom. The van der Waals surface area contributed by atoms with Crippen molar-refractivity contribution in [3.05, 3.63) is 36.2 Å². The van der Waals surface area contributed by atoms with Gasteiger partial charge in [-0.2, -0.15) is 5.10 Å². The molecule has 1 aliphatic heterocycles. The van der Waals surface area contributed by atoms with Crippen molar-refractivity contribution >= 4 is 11.7 Å². The first-order chi connectivity index (χ1) is 12.8. The van der Waals surface area contributed by atoms with Crippen LogP contribution in [-0.4, -0.2) is 40.0 Å². The lowest BCUT2D eigenvalue weighted by Crippen LogP contribution is -2.44. The molecular weight excluding hydrogens is 344 g/mol. The molecule has 27 heavy (non-hydrogen) atoms. The minimum Gasteiger partial charge on any atom is -0.497 e. The van der Waals surface area contributed by atoms with Gasteiger partial charge in [-0.1, -0.05) is 13.8 Å². The third-order valence-corrected chi connectivity index (χ3v) is 4.32. The molecule has 2 heterocycles. The number of methoxy groups -OCH3 is 1. The van der Waals surface area contributed by atoms with Crippen molar-refractivity contribution in [2.24, 2.45) is 5.92 Å². The monoisotopic (exact) mass is 372 g/mol. The van der Waals surface area contributed by atoms with E-state index in [1.54, 1.807) is 18.2 Å². The Kier molecular flexibility index (Phi) is 5.30. The van der Waals surface area contributed by atoms with Crippen LogP contribution >= 0.6 is 0 Å². The molecule has 0 unspecified atom stereocenters. The average Bonchev–Trinajstić information content (AvgIpc) is 2.94. The number of nitrogens with one attached hydrogen (secondary N) is 1. The molecule has 0 bridgehead atoms. The van der Waals surface area contributed by atoms with Crippen molar-refractivity contribution in [3.8, 4) is 11.5 Å². The summed E-state index contributed by atoms with van der Waals surface area (Å²) in [5.41, 5.74) is 1.13. The zero-order chi connectivity index (χ0) is 19.6. The molecule has 1 aliphatic rings. The lowest BCUT2D eigenvalue weighted by Gasteiger charge is -2.29. The van der Waals surface area contributed by atoms with Gasteiger partial charge in [0.15, 0.2) is 0 Å². The minimum absolute atomic E-state index is 0.167. The lowest BCUT2D eigenvalue weighted by molar-refractivity contribution is 0.0833. The van der Waals surface area contributed by atoms with Crippen molar-refractivity contribution in [2.45, 2.75) is 46.4 Å². The number of hydrogen-bond donors (Lipinski definition) is 1. The van der Waals surface area contributed by atoms with Crippen LogP contribution in [0.3, 0.4) is 0 Å². The second kappa shape index (κ2) is 7.50. The number of aromatic nitrogens is 2. The largest absolute Gasteiger partial charge is 0.497 e. The van der Waals surface area contributed by atoms with Gasteiger partial charge in [-0.15, -0.1) is 0 Å². The molecule has 1 aromatic carbocycles. The van der Waals surface area contributed by atoms with E-state index < -0.39 is 5.60 Å². The summed E-state index contributed by atoms with van der Waals surface area (Å²) in [6.45, 7) is 9.96. The third kappa shape index (κ3) is 4.72. The number of amides is 2. The Labute approximate surface area is 160 Å². The summed E-state index contributed by atoms with van der Waals surface area (Å²) in [7, 11) is 1.63. The highest BCUT2D eigenvalue weighted by Gasteiger charge is 2.32. The second-order valence-corrected chi connectivity index (χ2v) is 7.97. The Morgan fingerprint density at radius 1 is 1.41 bits per heavy atom. The van der Waals surface area contributed by atoms with Gasteiger partial charge in [0.25, 0.3) is 0 Å². The number of nitrogens with zero attached hydrogens (tertiary/aromatic N) is 3. The van der Waals surface area contributed by atoms with Gasteiger partial charge in [0.1, 0.15) is 17.1 Å². The van der Waals surface area contributed by atoms with E-state index in [1.807, 2.05) is 42.9 Å². The van der Waals surface area contributed by atoms with Crippen LogP contribution in [0.1, 0.15) is 33.3 Å². The molecule has 146 valence electrons. The van der Waals surface area contributed by atoms with Gasteiger partial charge in [-0.3, -0.25) is 4.68 Å². The third-order valence-electron chi connectivity index (χ3n) is 4.32. The van der Waals surface area contributed by atoms with Gasteiger partial charge in [0.05, 0.1) is 32.1 Å². The minimum atomic E-state index is -0.517. The molecule has 0 saturated heterocycles. The van der Waals surface area contributed by atoms with Crippen LogP contribution in [0.4, 0.5) is 10.5 Å². The molecule has 2 aromatic rings. The predicted octanol–water partition coefficient (Wildman–Crippen LogP) is 3.75. The highest BCUT2D eigenvalue weighted by Crippen LogP contribution is 2.32. The number of carbonyl (C=O) groups excluding carboxylic acids is 1. The van der Waals surface area contributed by atoms with Crippen LogP contribution in [0.2, 0.25) is 0 Å². The van der Waals surface area contributed by atoms with E-state index in [2.05, 4.69) is 24.3 Å². The van der Waals surface area contributed by atoms with Crippen molar-refractivity contribution in [3.63, 3.8) is 0 Å². The van der Waals surface area contributed by atoms with Gasteiger partial charge in [0, 0.05) is 24.4 Å². The quantitative estimate of drug-likeness (QED) is 0.887. The Bertz CT molecular complexity index is 813. The maximum Gasteiger partial charge on any atom is 0.322 e. The van der Waals surface area contributed by atoms with Gasteiger partial charge in [-0.25, -0.2) is 4.79 Å². The summed E-state index contributed by atoms with van der Waals surface area (Å²) >= 11 is 0. The Balaban J connectivity index is 1.76. The van der Waals surface area contributed by atoms with Crippen LogP contribution in [0.15, 0.2) is 30.6 Å². The van der Waals surface area contributed by atoms with Crippen molar-refractivity contribution in [1.29, 1.82) is 0 Å². The first-order valence-electron chi connectivity index (χ1n) is 9.20. The molecule has 7 heteroatoms. The van der Waals surface area contributed by atoms with Crippen LogP contribution in [0.5, 0.6) is 11.5 Å². The molecule has 0 aliphatic carbocycles. The maximum absolute atomic E-state index is 12.9. The van der Waals surface area contributed by atoms with E-state index in [1.165, 1.54) is 0 Å². The molecular formula is C20H28N4O3. The van der Waals surface area contributed by atoms with Crippen molar-refractivity contribution < 1.29 is 14.3 Å². The average molecular weight is 372 g/mol. The van der Waals surface area contributed by atoms with Gasteiger partial charge >= 0.3 is 6.03 Å². The Hall–Kier alpha value is -2.70. The van der Waals surface area contributed by atoms with Gasteiger partial charge in [0.2, 0.25) is 0 Å². The molecule has 0 saturated carbocycles. The Morgan fingerprint density at radius 2 is 2.19 bits per heavy atom. The smallest absolute Gasteiger partial charge is 0.322 e. The molecule has 7 nitrogen and oxygen atoms in total. The fourth-order valence-corrected chi connectivity index (χ4v) is 3.19. The molecule has 0 fully saturated rings. The van der Waals surface area contributed by atoms with Crippen molar-refractivity contribution in [1.82, 2.24) is 14.7 Å². The number of urea groups is 1. The standard InChI is InChI=1S/C20H28N4O3/c1-14(2)10-24-12-16(9-21-24)22-19(25)23-11-15-6-7-17(26-5)8-18(15)27-20(3,4)13-23/h6-9,12,14H,10-11,13H2,1-5H3,(H,22,25). The van der Waals surface area contributed by atoms with Gasteiger partial charge in [-0.05, 0) is 31.9 Å². The van der Waals surface area contributed by atoms with Crippen LogP contribution in [0, 0.1) is 5.92 Å². The number of benzene rings is 1. The summed E-state index contributed by atoms with van der Waals surface area (Å²) in [5, 5.41) is 7.25. The van der Waals surface area contributed by atoms with E-state index in [0.29, 0.717) is 24.7 Å². The normalized spacial score (nSPS) is 15.7. The van der Waals surface area contributed by atoms with E-state index in [-0.39, 0.29) is 6.03 Å². The number of hydrogen-bond acceptors (Lipinski definition) is 4. The maximum atomic E-state index is 12.9. The number of carbonyl (C=O) groups is 1. The number of ether oxygens (including phenoxy) is 2. The van der Waals surface area contributed by atoms with E-state index in [0.717, 1.165) is 23.6 Å². The summed E-state index contributed by atoms with van der Waals surface area (Å²) in [6, 6.07) is 5.52. The summed E-state index contributed by atoms with van der Waals surface area (Å²) in [5.74, 6) is 1.98. The molecule has 2 amide bonds. The van der Waals surface area contributed by atoms with Crippen LogP contribution in [0.25, 0.3) is 0 Å². The summed E-state index contributed by atoms with van der Waals surface area (Å²) in [4.78, 5) is 14.6. The summed E-state index contributed by atoms with van der Waals surface area (Å²) in [6.07, 6.45) is 3.54. The fraction of sp³-hybridized carbons (Fsp3) is 0.500. The van der Waals surface area contributed by atoms with Crippen LogP contribution in [-0.2, 0) is 13.1 Å². The lowest BCUT2D eigenvalue weighted by atomic mass is 10.1. The molecule has 1 aromatic heterocycles. The summed E-state index contributed by atoms with van der Waals surface area (Å²) < 4.78 is 13.3. The molecule has 1 N–H and O–H groups in total. The molecule has 0 radical (unpaired) electrons. The second-order valence-electron chi connectivity index (χ2n) is 7.97. The van der Waals surface area contributed by atoms with Gasteiger partial charge < -0.3 is 19.7 Å². The fourth-order valence-electron chi connectivity index (χ4n) is 3.19. The molecule has 0 spiro atoms. The van der Waals surface area contributed by atoms with Crippen LogP contribution < -0.4 is 14.8 Å². The van der Waals surface area contributed by atoms with E-state index >= 15 is 0 Å². The molecule has 0 atom stereocenters. The number of anilines is 1. The number of rotatable bonds is 4. The zero-order valence-corrected chi connectivity index (χ0v) is 16.7. The highest BCUT2D eigenvalue weighted by atomic mass is 16.5. The van der Waals surface area contributed by atoms with E-state index in [9.17, 15) is 4.79 Å². The predicted molar refractivity (Wildman–Crippen MR) is 104 cm³/mol. The highest BCUT2D eigenvalue weighted by molar-refractivity contribution is 5.89. The first-order valence-corrected chi connectivity index (χ1v) is 9.20. The van der Waals surface area contributed by atoms with Crippen molar-refractivity contribution in [2.75, 3.05) is 19.0 Å². The first kappa shape index (κ1) is 19.1.